The van der Waals surface area contributed by atoms with Gasteiger partial charge in [0.05, 0.1) is 12.5 Å². The molecule has 0 amide bonds. The molecule has 0 aromatic carbocycles. The van der Waals surface area contributed by atoms with Gasteiger partial charge in [-0.2, -0.15) is 0 Å². The van der Waals surface area contributed by atoms with Crippen molar-refractivity contribution in [2.75, 3.05) is 24.9 Å². The Morgan fingerprint density at radius 2 is 1.88 bits per heavy atom. The van der Waals surface area contributed by atoms with Crippen LogP contribution in [-0.2, 0) is 10.9 Å². The zero-order valence-corrected chi connectivity index (χ0v) is 6.50. The molecule has 0 unspecified atom stereocenters. The molecule has 50 valence electrons. The fourth-order valence-corrected chi connectivity index (χ4v) is 1.28. The van der Waals surface area contributed by atoms with Gasteiger partial charge in [-0.15, -0.1) is 0 Å². The maximum atomic E-state index is 8.38. The molecule has 0 spiro atoms. The second kappa shape index (κ2) is 5.45. The Kier molecular flexibility index (Phi) is 5.66. The normalized spacial score (nSPS) is 10.5. The lowest BCUT2D eigenvalue weighted by Crippen LogP contribution is -2.01. The summed E-state index contributed by atoms with van der Waals surface area (Å²) in [5.74, 6) is 1.28. The minimum Gasteiger partial charge on any atom is -0.396 e. The molecule has 8 heavy (non-hydrogen) atoms. The zero-order valence-electron chi connectivity index (χ0n) is 5.68. The Bertz CT molecular complexity index is 45.8. The third-order valence-corrected chi connectivity index (χ3v) is 2.07. The first-order valence-corrected chi connectivity index (χ1v) is 5.13. The molecule has 0 aliphatic rings. The van der Waals surface area contributed by atoms with Gasteiger partial charge in [0.2, 0.25) is 0 Å². The van der Waals surface area contributed by atoms with Crippen LogP contribution in [0, 0.1) is 0 Å². The first kappa shape index (κ1) is 8.31. The molecule has 0 atom stereocenters. The maximum absolute atomic E-state index is 8.38. The van der Waals surface area contributed by atoms with Crippen LogP contribution in [0.5, 0.6) is 0 Å². The SMILES string of the molecule is C[S+](C)CCCCO. The monoisotopic (exact) mass is 135 g/mol. The van der Waals surface area contributed by atoms with E-state index in [-0.39, 0.29) is 0 Å². The van der Waals surface area contributed by atoms with Gasteiger partial charge in [-0.05, 0) is 23.7 Å². The van der Waals surface area contributed by atoms with Crippen molar-refractivity contribution >= 4 is 10.9 Å². The second-order valence-corrected chi connectivity index (χ2v) is 4.50. The molecule has 0 saturated heterocycles. The molecule has 0 aromatic rings. The number of aliphatic hydroxyl groups excluding tert-OH is 1. The van der Waals surface area contributed by atoms with Gasteiger partial charge in [-0.3, -0.25) is 0 Å². The Morgan fingerprint density at radius 3 is 2.25 bits per heavy atom. The van der Waals surface area contributed by atoms with Gasteiger partial charge in [-0.1, -0.05) is 0 Å². The molecule has 0 saturated carbocycles. The molecule has 0 aromatic heterocycles. The topological polar surface area (TPSA) is 20.2 Å². The molecule has 1 nitrogen and oxygen atoms in total. The van der Waals surface area contributed by atoms with Crippen LogP contribution >= 0.6 is 0 Å². The summed E-state index contributed by atoms with van der Waals surface area (Å²) in [6, 6.07) is 0. The Hall–Kier alpha value is 0.310. The molecule has 2 heteroatoms. The quantitative estimate of drug-likeness (QED) is 0.443. The molecule has 0 aliphatic carbocycles. The molecular weight excluding hydrogens is 120 g/mol. The van der Waals surface area contributed by atoms with Crippen molar-refractivity contribution in [1.29, 1.82) is 0 Å². The van der Waals surface area contributed by atoms with Crippen LogP contribution in [-0.4, -0.2) is 30.0 Å². The van der Waals surface area contributed by atoms with Gasteiger partial charge < -0.3 is 5.11 Å². The number of rotatable bonds is 4. The molecule has 1 N–H and O–H groups in total. The first-order chi connectivity index (χ1) is 3.77. The summed E-state index contributed by atoms with van der Waals surface area (Å²) < 4.78 is 0. The summed E-state index contributed by atoms with van der Waals surface area (Å²) in [6.07, 6.45) is 6.63. The zero-order chi connectivity index (χ0) is 6.41. The average molecular weight is 135 g/mol. The van der Waals surface area contributed by atoms with E-state index in [0.717, 1.165) is 6.42 Å². The van der Waals surface area contributed by atoms with Crippen molar-refractivity contribution < 1.29 is 5.11 Å². The Labute approximate surface area is 54.4 Å². The highest BCUT2D eigenvalue weighted by atomic mass is 32.2. The highest BCUT2D eigenvalue weighted by Gasteiger charge is 1.98. The van der Waals surface area contributed by atoms with Gasteiger partial charge in [0.25, 0.3) is 0 Å². The van der Waals surface area contributed by atoms with E-state index < -0.39 is 0 Å². The molecule has 0 heterocycles. The van der Waals surface area contributed by atoms with Crippen molar-refractivity contribution in [1.82, 2.24) is 0 Å². The van der Waals surface area contributed by atoms with Crippen LogP contribution in [0.25, 0.3) is 0 Å². The molecule has 0 aliphatic heterocycles. The van der Waals surface area contributed by atoms with E-state index in [1.54, 1.807) is 0 Å². The van der Waals surface area contributed by atoms with Crippen LogP contribution < -0.4 is 0 Å². The number of hydrogen-bond donors (Lipinski definition) is 1. The molecule has 0 rings (SSSR count). The summed E-state index contributed by atoms with van der Waals surface area (Å²) in [6.45, 7) is 0.358. The highest BCUT2D eigenvalue weighted by Crippen LogP contribution is 1.92. The Morgan fingerprint density at radius 1 is 1.25 bits per heavy atom. The first-order valence-electron chi connectivity index (χ1n) is 2.92. The number of aliphatic hydroxyl groups is 1. The lowest BCUT2D eigenvalue weighted by Gasteiger charge is -1.93. The molecular formula is C6H15OS+. The van der Waals surface area contributed by atoms with Crippen LogP contribution in [0.2, 0.25) is 0 Å². The van der Waals surface area contributed by atoms with E-state index in [2.05, 4.69) is 12.5 Å². The Balaban J connectivity index is 2.72. The van der Waals surface area contributed by atoms with Gasteiger partial charge >= 0.3 is 0 Å². The fraction of sp³-hybridized carbons (Fsp3) is 1.00. The van der Waals surface area contributed by atoms with E-state index in [1.807, 2.05) is 0 Å². The van der Waals surface area contributed by atoms with E-state index in [4.69, 9.17) is 5.11 Å². The van der Waals surface area contributed by atoms with Crippen molar-refractivity contribution in [3.63, 3.8) is 0 Å². The van der Waals surface area contributed by atoms with Crippen LogP contribution in [0.15, 0.2) is 0 Å². The van der Waals surface area contributed by atoms with E-state index in [1.165, 1.54) is 12.2 Å². The predicted molar refractivity (Wildman–Crippen MR) is 40.4 cm³/mol. The summed E-state index contributed by atoms with van der Waals surface area (Å²) >= 11 is 0. The predicted octanol–water partition coefficient (Wildman–Crippen LogP) is 0.637. The van der Waals surface area contributed by atoms with Crippen molar-refractivity contribution in [2.24, 2.45) is 0 Å². The van der Waals surface area contributed by atoms with Crippen molar-refractivity contribution in [3.05, 3.63) is 0 Å². The lowest BCUT2D eigenvalue weighted by molar-refractivity contribution is 0.287. The third-order valence-electron chi connectivity index (χ3n) is 0.961. The lowest BCUT2D eigenvalue weighted by atomic mass is 10.4. The van der Waals surface area contributed by atoms with Crippen molar-refractivity contribution in [2.45, 2.75) is 12.8 Å². The van der Waals surface area contributed by atoms with E-state index in [0.29, 0.717) is 17.5 Å². The summed E-state index contributed by atoms with van der Waals surface area (Å²) in [5, 5.41) is 8.38. The van der Waals surface area contributed by atoms with Crippen LogP contribution in [0.4, 0.5) is 0 Å². The molecule has 0 fully saturated rings. The summed E-state index contributed by atoms with van der Waals surface area (Å²) in [5.41, 5.74) is 0. The molecule has 0 radical (unpaired) electrons. The molecule has 0 bridgehead atoms. The average Bonchev–Trinajstić information content (AvgIpc) is 1.66. The summed E-state index contributed by atoms with van der Waals surface area (Å²) in [4.78, 5) is 0. The minimum absolute atomic E-state index is 0.358. The van der Waals surface area contributed by atoms with E-state index in [9.17, 15) is 0 Å². The van der Waals surface area contributed by atoms with Crippen molar-refractivity contribution in [3.8, 4) is 0 Å². The number of unbranched alkanes of at least 4 members (excludes halogenated alkanes) is 1. The number of hydrogen-bond acceptors (Lipinski definition) is 1. The van der Waals surface area contributed by atoms with Gasteiger partial charge in [0.1, 0.15) is 5.75 Å². The smallest absolute Gasteiger partial charge is 0.107 e. The minimum atomic E-state index is 0.358. The van der Waals surface area contributed by atoms with E-state index >= 15 is 0 Å². The third kappa shape index (κ3) is 6.31. The summed E-state index contributed by atoms with van der Waals surface area (Å²) in [7, 11) is 0.572. The van der Waals surface area contributed by atoms with Crippen LogP contribution in [0.1, 0.15) is 12.8 Å². The largest absolute Gasteiger partial charge is 0.396 e. The highest BCUT2D eigenvalue weighted by molar-refractivity contribution is 7.95. The van der Waals surface area contributed by atoms with Crippen LogP contribution in [0.3, 0.4) is 0 Å². The maximum Gasteiger partial charge on any atom is 0.107 e. The second-order valence-electron chi connectivity index (χ2n) is 2.12. The van der Waals surface area contributed by atoms with Gasteiger partial charge in [0, 0.05) is 6.61 Å². The van der Waals surface area contributed by atoms with Gasteiger partial charge in [-0.25, -0.2) is 0 Å². The fourth-order valence-electron chi connectivity index (χ4n) is 0.503. The standard InChI is InChI=1S/C6H15OS/c1-8(2)6-4-3-5-7/h7H,3-6H2,1-2H3/q+1. The van der Waals surface area contributed by atoms with Gasteiger partial charge in [0.15, 0.2) is 0 Å².